The Morgan fingerprint density at radius 2 is 1.97 bits per heavy atom. The first-order chi connectivity index (χ1) is 15.7. The number of aryl methyl sites for hydroxylation is 1. The molecule has 4 heterocycles. The number of anilines is 1. The van der Waals surface area contributed by atoms with Crippen molar-refractivity contribution in [3.8, 4) is 0 Å². The van der Waals surface area contributed by atoms with Gasteiger partial charge in [-0.25, -0.2) is 4.98 Å². The summed E-state index contributed by atoms with van der Waals surface area (Å²) in [4.78, 5) is 17.1. The van der Waals surface area contributed by atoms with Crippen LogP contribution in [0.4, 0.5) is 5.82 Å². The third kappa shape index (κ3) is 4.12. The molecule has 3 aromatic rings. The molecule has 1 aliphatic heterocycles. The lowest BCUT2D eigenvalue weighted by Gasteiger charge is -2.34. The maximum atomic E-state index is 7.01. The molecule has 1 fully saturated rings. The van der Waals surface area contributed by atoms with Crippen molar-refractivity contribution in [1.29, 1.82) is 0 Å². The highest BCUT2D eigenvalue weighted by Crippen LogP contribution is 2.35. The molecule has 0 N–H and O–H groups in total. The van der Waals surface area contributed by atoms with Gasteiger partial charge in [0.05, 0.1) is 17.4 Å². The Kier molecular flexibility index (Phi) is 6.35. The number of halogens is 1. The second-order valence-electron chi connectivity index (χ2n) is 9.14. The minimum absolute atomic E-state index is 0.331. The Morgan fingerprint density at radius 1 is 1.12 bits per heavy atom. The summed E-state index contributed by atoms with van der Waals surface area (Å²) < 4.78 is 2.14. The summed E-state index contributed by atoms with van der Waals surface area (Å²) in [6.45, 7) is 8.14. The third-order valence-electron chi connectivity index (χ3n) is 6.93. The monoisotopic (exact) mass is 452 g/mol. The highest BCUT2D eigenvalue weighted by atomic mass is 35.5. The first-order valence-corrected chi connectivity index (χ1v) is 12.3. The summed E-state index contributed by atoms with van der Waals surface area (Å²) in [6.07, 6.45) is 6.50. The second-order valence-corrected chi connectivity index (χ2v) is 9.50. The number of nitrogens with zero attached hydrogens (tertiary/aromatic N) is 6. The zero-order valence-electron chi connectivity index (χ0n) is 19.2. The highest BCUT2D eigenvalue weighted by Gasteiger charge is 2.28. The molecule has 7 heteroatoms. The lowest BCUT2D eigenvalue weighted by molar-refractivity contribution is 0.164. The Labute approximate surface area is 195 Å². The maximum Gasteiger partial charge on any atom is 0.139 e. The van der Waals surface area contributed by atoms with E-state index in [9.17, 15) is 0 Å². The van der Waals surface area contributed by atoms with Crippen LogP contribution in [0.25, 0.3) is 5.65 Å². The van der Waals surface area contributed by atoms with Crippen molar-refractivity contribution in [2.45, 2.75) is 45.2 Å². The number of imidazole rings is 1. The van der Waals surface area contributed by atoms with Gasteiger partial charge in [-0.1, -0.05) is 30.7 Å². The third-order valence-corrected chi connectivity index (χ3v) is 7.32. The van der Waals surface area contributed by atoms with Crippen molar-refractivity contribution in [2.24, 2.45) is 0 Å². The number of hydrogen-bond acceptors (Lipinski definition) is 5. The highest BCUT2D eigenvalue weighted by molar-refractivity contribution is 6.30. The van der Waals surface area contributed by atoms with Gasteiger partial charge in [-0.15, -0.1) is 0 Å². The van der Waals surface area contributed by atoms with Gasteiger partial charge < -0.3 is 9.80 Å². The molecule has 32 heavy (non-hydrogen) atoms. The predicted molar refractivity (Wildman–Crippen MR) is 131 cm³/mol. The normalized spacial score (nSPS) is 19.6. The first kappa shape index (κ1) is 21.7. The average Bonchev–Trinajstić information content (AvgIpc) is 3.14. The lowest BCUT2D eigenvalue weighted by atomic mass is 9.90. The standard InChI is InChI=1S/C25H33ClN6/c1-3-13-31(21-9-4-7-19-8-6-12-27-24(19)21)18-20-25(26)32-22(28-20)10-5-11-23(32)30-16-14-29(2)15-17-30/h5-6,8,10-12,21H,3-4,7,9,13-18H2,1-2H3/t21-/m0/s1. The number of piperazine rings is 1. The number of pyridine rings is 2. The van der Waals surface area contributed by atoms with E-state index in [1.165, 1.54) is 17.7 Å². The molecule has 1 saturated heterocycles. The van der Waals surface area contributed by atoms with Crippen LogP contribution < -0.4 is 4.90 Å². The van der Waals surface area contributed by atoms with Crippen LogP contribution in [0, 0.1) is 0 Å². The molecule has 6 nitrogen and oxygen atoms in total. The fraction of sp³-hybridized carbons (Fsp3) is 0.520. The largest absolute Gasteiger partial charge is 0.355 e. The minimum Gasteiger partial charge on any atom is -0.355 e. The van der Waals surface area contributed by atoms with E-state index in [2.05, 4.69) is 63.4 Å². The summed E-state index contributed by atoms with van der Waals surface area (Å²) in [7, 11) is 2.18. The summed E-state index contributed by atoms with van der Waals surface area (Å²) in [5, 5.41) is 0.743. The molecule has 0 bridgehead atoms. The molecule has 0 amide bonds. The molecule has 0 saturated carbocycles. The van der Waals surface area contributed by atoms with E-state index in [1.807, 2.05) is 6.20 Å². The van der Waals surface area contributed by atoms with Crippen molar-refractivity contribution in [3.63, 3.8) is 0 Å². The zero-order chi connectivity index (χ0) is 22.1. The van der Waals surface area contributed by atoms with E-state index in [0.29, 0.717) is 6.04 Å². The number of rotatable bonds is 6. The second kappa shape index (κ2) is 9.38. The van der Waals surface area contributed by atoms with Gasteiger partial charge in [-0.2, -0.15) is 0 Å². The Morgan fingerprint density at radius 3 is 2.78 bits per heavy atom. The SMILES string of the molecule is CCCN(Cc1nc2cccc(N3CCN(C)CC3)n2c1Cl)[C@H]1CCCc2cccnc21. The minimum atomic E-state index is 0.331. The van der Waals surface area contributed by atoms with Gasteiger partial charge in [0.2, 0.25) is 0 Å². The summed E-state index contributed by atoms with van der Waals surface area (Å²) >= 11 is 7.01. The molecule has 1 aliphatic carbocycles. The predicted octanol–water partition coefficient (Wildman–Crippen LogP) is 4.42. The van der Waals surface area contributed by atoms with Crippen LogP contribution in [0.5, 0.6) is 0 Å². The van der Waals surface area contributed by atoms with Crippen molar-refractivity contribution in [2.75, 3.05) is 44.7 Å². The number of hydrogen-bond donors (Lipinski definition) is 0. The van der Waals surface area contributed by atoms with Crippen molar-refractivity contribution in [1.82, 2.24) is 24.2 Å². The van der Waals surface area contributed by atoms with Crippen molar-refractivity contribution in [3.05, 3.63) is 58.6 Å². The average molecular weight is 453 g/mol. The maximum absolute atomic E-state index is 7.01. The number of fused-ring (bicyclic) bond motifs is 2. The van der Waals surface area contributed by atoms with Crippen molar-refractivity contribution < 1.29 is 0 Å². The van der Waals surface area contributed by atoms with E-state index < -0.39 is 0 Å². The lowest BCUT2D eigenvalue weighted by Crippen LogP contribution is -2.45. The smallest absolute Gasteiger partial charge is 0.139 e. The van der Waals surface area contributed by atoms with Gasteiger partial charge >= 0.3 is 0 Å². The first-order valence-electron chi connectivity index (χ1n) is 11.9. The molecule has 5 rings (SSSR count). The van der Waals surface area contributed by atoms with Crippen LogP contribution in [0.2, 0.25) is 5.15 Å². The number of likely N-dealkylation sites (N-methyl/N-ethyl adjacent to an activating group) is 1. The fourth-order valence-corrected chi connectivity index (χ4v) is 5.51. The zero-order valence-corrected chi connectivity index (χ0v) is 19.9. The molecular weight excluding hydrogens is 420 g/mol. The fourth-order valence-electron chi connectivity index (χ4n) is 5.24. The van der Waals surface area contributed by atoms with E-state index >= 15 is 0 Å². The molecular formula is C25H33ClN6. The van der Waals surface area contributed by atoms with Gasteiger partial charge in [0.1, 0.15) is 16.6 Å². The molecule has 3 aromatic heterocycles. The molecule has 0 unspecified atom stereocenters. The van der Waals surface area contributed by atoms with Crippen LogP contribution in [0.15, 0.2) is 36.5 Å². The molecule has 170 valence electrons. The Balaban J connectivity index is 1.47. The summed E-state index contributed by atoms with van der Waals surface area (Å²) in [5.74, 6) is 1.14. The van der Waals surface area contributed by atoms with Gasteiger partial charge in [0.25, 0.3) is 0 Å². The topological polar surface area (TPSA) is 39.9 Å². The Bertz CT molecular complexity index is 1070. The van der Waals surface area contributed by atoms with Crippen LogP contribution in [-0.2, 0) is 13.0 Å². The van der Waals surface area contributed by atoms with E-state index in [4.69, 9.17) is 21.6 Å². The van der Waals surface area contributed by atoms with E-state index in [1.54, 1.807) is 0 Å². The van der Waals surface area contributed by atoms with Crippen molar-refractivity contribution >= 4 is 23.1 Å². The molecule has 0 aromatic carbocycles. The van der Waals surface area contributed by atoms with Crippen LogP contribution in [0.3, 0.4) is 0 Å². The van der Waals surface area contributed by atoms with Gasteiger partial charge in [0.15, 0.2) is 0 Å². The van der Waals surface area contributed by atoms with Crippen LogP contribution >= 0.6 is 11.6 Å². The van der Waals surface area contributed by atoms with Gasteiger partial charge in [0, 0.05) is 38.9 Å². The molecule has 2 aliphatic rings. The quantitative estimate of drug-likeness (QED) is 0.553. The van der Waals surface area contributed by atoms with Gasteiger partial charge in [-0.05, 0) is 63.0 Å². The Hall–Kier alpha value is -2.15. The number of aromatic nitrogens is 3. The van der Waals surface area contributed by atoms with Crippen LogP contribution in [0.1, 0.15) is 49.2 Å². The van der Waals surface area contributed by atoms with E-state index in [-0.39, 0.29) is 0 Å². The molecule has 0 spiro atoms. The summed E-state index contributed by atoms with van der Waals surface area (Å²) in [6, 6.07) is 11.0. The molecule has 0 radical (unpaired) electrons. The van der Waals surface area contributed by atoms with E-state index in [0.717, 1.165) is 80.8 Å². The summed E-state index contributed by atoms with van der Waals surface area (Å²) in [5.41, 5.74) is 4.53. The van der Waals surface area contributed by atoms with Gasteiger partial charge in [-0.3, -0.25) is 14.3 Å². The molecule has 1 atom stereocenters. The van der Waals surface area contributed by atoms with Crippen LogP contribution in [-0.4, -0.2) is 63.9 Å².